The number of hydrogen-bond acceptors (Lipinski definition) is 4. The molecule has 33 heavy (non-hydrogen) atoms. The van der Waals surface area contributed by atoms with Crippen molar-refractivity contribution in [1.82, 2.24) is 10.6 Å². The molecule has 2 rings (SSSR count). The molecule has 3 atom stereocenters. The fraction of sp³-hybridized carbons (Fsp3) is 0.440. The summed E-state index contributed by atoms with van der Waals surface area (Å²) in [6.45, 7) is 5.12. The number of halogens is 2. The van der Waals surface area contributed by atoms with Crippen molar-refractivity contribution >= 4 is 11.9 Å². The number of carboxylic acids is 1. The van der Waals surface area contributed by atoms with Crippen molar-refractivity contribution < 1.29 is 28.6 Å². The van der Waals surface area contributed by atoms with Crippen LogP contribution in [0.1, 0.15) is 50.3 Å². The first-order valence-corrected chi connectivity index (χ1v) is 11.0. The predicted octanol–water partition coefficient (Wildman–Crippen LogP) is 3.31. The van der Waals surface area contributed by atoms with Crippen LogP contribution in [0.4, 0.5) is 8.78 Å². The van der Waals surface area contributed by atoms with E-state index < -0.39 is 41.2 Å². The molecule has 0 heterocycles. The van der Waals surface area contributed by atoms with E-state index in [4.69, 9.17) is 0 Å². The van der Waals surface area contributed by atoms with Gasteiger partial charge in [-0.05, 0) is 48.1 Å². The second-order valence-electron chi connectivity index (χ2n) is 8.30. The summed E-state index contributed by atoms with van der Waals surface area (Å²) in [6, 6.07) is 9.85. The molecule has 1 amide bonds. The lowest BCUT2D eigenvalue weighted by atomic mass is 9.82. The number of carbonyl (C=O) groups is 2. The summed E-state index contributed by atoms with van der Waals surface area (Å²) in [5.74, 6) is -2.89. The largest absolute Gasteiger partial charge is 0.481 e. The quantitative estimate of drug-likeness (QED) is 0.388. The Labute approximate surface area is 193 Å². The summed E-state index contributed by atoms with van der Waals surface area (Å²) in [5, 5.41) is 26.3. The third kappa shape index (κ3) is 7.61. The highest BCUT2D eigenvalue weighted by molar-refractivity contribution is 5.73. The van der Waals surface area contributed by atoms with Gasteiger partial charge < -0.3 is 20.8 Å². The van der Waals surface area contributed by atoms with Gasteiger partial charge in [0.2, 0.25) is 5.91 Å². The van der Waals surface area contributed by atoms with Crippen LogP contribution in [-0.2, 0) is 28.0 Å². The van der Waals surface area contributed by atoms with Gasteiger partial charge in [0.05, 0.1) is 24.1 Å². The van der Waals surface area contributed by atoms with E-state index in [1.54, 1.807) is 0 Å². The fourth-order valence-electron chi connectivity index (χ4n) is 4.04. The summed E-state index contributed by atoms with van der Waals surface area (Å²) in [6.07, 6.45) is -0.115. The first-order valence-electron chi connectivity index (χ1n) is 11.0. The number of aliphatic carboxylic acids is 1. The van der Waals surface area contributed by atoms with Crippen molar-refractivity contribution in [2.24, 2.45) is 0 Å². The molecule has 0 radical (unpaired) electrons. The SMILES string of the molecule is CCc1cccc([C@](CC)(CC(=O)O)NC[C@@H](O)[C@H](Cc2cc(F)cc(F)c2)NC(C)=O)c1. The highest BCUT2D eigenvalue weighted by atomic mass is 19.1. The summed E-state index contributed by atoms with van der Waals surface area (Å²) < 4.78 is 27.2. The summed E-state index contributed by atoms with van der Waals surface area (Å²) >= 11 is 0. The summed E-state index contributed by atoms with van der Waals surface area (Å²) in [5.41, 5.74) is 1.20. The first kappa shape index (κ1) is 26.4. The van der Waals surface area contributed by atoms with Gasteiger partial charge in [-0.1, -0.05) is 38.1 Å². The van der Waals surface area contributed by atoms with Gasteiger partial charge in [-0.2, -0.15) is 0 Å². The van der Waals surface area contributed by atoms with Gasteiger partial charge in [-0.25, -0.2) is 8.78 Å². The van der Waals surface area contributed by atoms with E-state index in [0.29, 0.717) is 6.42 Å². The lowest BCUT2D eigenvalue weighted by molar-refractivity contribution is -0.139. The van der Waals surface area contributed by atoms with Crippen LogP contribution in [0.5, 0.6) is 0 Å². The molecule has 0 saturated heterocycles. The molecule has 0 unspecified atom stereocenters. The molecule has 0 spiro atoms. The molecule has 8 heteroatoms. The Hall–Kier alpha value is -2.84. The van der Waals surface area contributed by atoms with E-state index in [1.165, 1.54) is 6.92 Å². The highest BCUT2D eigenvalue weighted by Gasteiger charge is 2.34. The second-order valence-corrected chi connectivity index (χ2v) is 8.30. The number of rotatable bonds is 12. The number of aliphatic hydroxyl groups excluding tert-OH is 1. The monoisotopic (exact) mass is 462 g/mol. The topological polar surface area (TPSA) is 98.7 Å². The zero-order chi connectivity index (χ0) is 24.6. The van der Waals surface area contributed by atoms with Crippen molar-refractivity contribution in [2.75, 3.05) is 6.54 Å². The molecular formula is C25H32F2N2O4. The van der Waals surface area contributed by atoms with E-state index in [1.807, 2.05) is 38.1 Å². The number of hydrogen-bond donors (Lipinski definition) is 4. The maximum Gasteiger partial charge on any atom is 0.305 e. The highest BCUT2D eigenvalue weighted by Crippen LogP contribution is 2.30. The lowest BCUT2D eigenvalue weighted by Crippen LogP contribution is -2.53. The maximum absolute atomic E-state index is 13.6. The molecule has 0 aliphatic rings. The van der Waals surface area contributed by atoms with Crippen molar-refractivity contribution in [3.63, 3.8) is 0 Å². The van der Waals surface area contributed by atoms with Crippen LogP contribution in [0.3, 0.4) is 0 Å². The molecule has 2 aromatic rings. The summed E-state index contributed by atoms with van der Waals surface area (Å²) in [4.78, 5) is 23.4. The van der Waals surface area contributed by atoms with Gasteiger partial charge in [0.1, 0.15) is 11.6 Å². The van der Waals surface area contributed by atoms with Crippen LogP contribution in [0.25, 0.3) is 0 Å². The van der Waals surface area contributed by atoms with E-state index in [0.717, 1.165) is 35.7 Å². The normalized spacial score (nSPS) is 14.8. The van der Waals surface area contributed by atoms with Gasteiger partial charge in [0.15, 0.2) is 0 Å². The van der Waals surface area contributed by atoms with Crippen molar-refractivity contribution in [1.29, 1.82) is 0 Å². The van der Waals surface area contributed by atoms with Crippen LogP contribution in [0.15, 0.2) is 42.5 Å². The Bertz CT molecular complexity index is 949. The fourth-order valence-corrected chi connectivity index (χ4v) is 4.04. The average molecular weight is 463 g/mol. The Balaban J connectivity index is 2.28. The van der Waals surface area contributed by atoms with Crippen molar-refractivity contribution in [3.8, 4) is 0 Å². The number of aliphatic hydroxyl groups is 1. The molecule has 0 saturated carbocycles. The molecule has 0 aliphatic carbocycles. The van der Waals surface area contributed by atoms with E-state index in [2.05, 4.69) is 10.6 Å². The van der Waals surface area contributed by atoms with E-state index in [-0.39, 0.29) is 24.9 Å². The lowest BCUT2D eigenvalue weighted by Gasteiger charge is -2.36. The Morgan fingerprint density at radius 1 is 1.06 bits per heavy atom. The second kappa shape index (κ2) is 11.9. The minimum atomic E-state index is -1.14. The number of aryl methyl sites for hydroxylation is 1. The predicted molar refractivity (Wildman–Crippen MR) is 122 cm³/mol. The molecule has 4 N–H and O–H groups in total. The van der Waals surface area contributed by atoms with Crippen LogP contribution < -0.4 is 10.6 Å². The van der Waals surface area contributed by atoms with Crippen molar-refractivity contribution in [3.05, 3.63) is 70.8 Å². The van der Waals surface area contributed by atoms with E-state index >= 15 is 0 Å². The summed E-state index contributed by atoms with van der Waals surface area (Å²) in [7, 11) is 0. The molecule has 0 bridgehead atoms. The molecule has 2 aromatic carbocycles. The Kier molecular flexibility index (Phi) is 9.49. The van der Waals surface area contributed by atoms with Crippen LogP contribution >= 0.6 is 0 Å². The molecule has 0 aliphatic heterocycles. The molecule has 180 valence electrons. The minimum absolute atomic E-state index is 0.000478. The number of nitrogens with one attached hydrogen (secondary N) is 2. The smallest absolute Gasteiger partial charge is 0.305 e. The molecule has 6 nitrogen and oxygen atoms in total. The Morgan fingerprint density at radius 3 is 2.27 bits per heavy atom. The molecular weight excluding hydrogens is 430 g/mol. The number of carboxylic acid groups (broad SMARTS) is 1. The average Bonchev–Trinajstić information content (AvgIpc) is 2.74. The standard InChI is InChI=1S/C25H32F2N2O4/c1-4-17-7-6-8-19(9-17)25(5-2,14-24(32)33)28-15-23(31)22(29-16(3)30)12-18-10-20(26)13-21(27)11-18/h6-11,13,22-23,28,31H,4-5,12,14-15H2,1-3H3,(H,29,30)(H,32,33)/t22-,23+,25-/m0/s1. The third-order valence-electron chi connectivity index (χ3n) is 5.83. The number of carbonyl (C=O) groups excluding carboxylic acids is 1. The zero-order valence-corrected chi connectivity index (χ0v) is 19.2. The molecule has 0 aromatic heterocycles. The maximum atomic E-state index is 13.6. The number of amides is 1. The van der Waals surface area contributed by atoms with Crippen molar-refractivity contribution in [2.45, 2.75) is 64.1 Å². The van der Waals surface area contributed by atoms with Gasteiger partial charge in [-0.15, -0.1) is 0 Å². The number of benzene rings is 2. The van der Waals surface area contributed by atoms with E-state index in [9.17, 15) is 28.6 Å². The Morgan fingerprint density at radius 2 is 1.73 bits per heavy atom. The third-order valence-corrected chi connectivity index (χ3v) is 5.83. The van der Waals surface area contributed by atoms with Gasteiger partial charge in [0, 0.05) is 19.5 Å². The van der Waals surface area contributed by atoms with Crippen LogP contribution in [0, 0.1) is 11.6 Å². The van der Waals surface area contributed by atoms with Gasteiger partial charge >= 0.3 is 5.97 Å². The molecule has 0 fully saturated rings. The first-order chi connectivity index (χ1) is 15.6. The van der Waals surface area contributed by atoms with Crippen LogP contribution in [0.2, 0.25) is 0 Å². The zero-order valence-electron chi connectivity index (χ0n) is 19.2. The van der Waals surface area contributed by atoms with Gasteiger partial charge in [0.25, 0.3) is 0 Å². The van der Waals surface area contributed by atoms with Gasteiger partial charge in [-0.3, -0.25) is 9.59 Å². The minimum Gasteiger partial charge on any atom is -0.481 e. The van der Waals surface area contributed by atoms with Crippen LogP contribution in [-0.4, -0.2) is 40.8 Å².